The average Bonchev–Trinajstić information content (AvgIpc) is 2.66. The summed E-state index contributed by atoms with van der Waals surface area (Å²) >= 11 is 0. The molecule has 0 saturated heterocycles. The fourth-order valence-corrected chi connectivity index (χ4v) is 2.71. The van der Waals surface area contributed by atoms with Crippen LogP contribution in [0.5, 0.6) is 5.75 Å². The number of guanidine groups is 1. The van der Waals surface area contributed by atoms with Gasteiger partial charge in [0.05, 0.1) is 19.8 Å². The first-order valence-corrected chi connectivity index (χ1v) is 9.14. The molecule has 1 aromatic rings. The third kappa shape index (κ3) is 7.06. The van der Waals surface area contributed by atoms with Crippen LogP contribution in [0.1, 0.15) is 24.0 Å². The minimum Gasteiger partial charge on any atom is -0.491 e. The van der Waals surface area contributed by atoms with Crippen LogP contribution in [0.2, 0.25) is 0 Å². The molecule has 6 nitrogen and oxygen atoms in total. The summed E-state index contributed by atoms with van der Waals surface area (Å²) in [5.74, 6) is 1.68. The molecule has 1 aromatic carbocycles. The zero-order valence-corrected chi connectivity index (χ0v) is 16.1. The van der Waals surface area contributed by atoms with E-state index in [2.05, 4.69) is 46.8 Å². The van der Waals surface area contributed by atoms with Crippen molar-refractivity contribution in [1.29, 1.82) is 0 Å². The van der Waals surface area contributed by atoms with Crippen molar-refractivity contribution in [2.45, 2.75) is 26.3 Å². The monoisotopic (exact) mass is 361 g/mol. The number of benzene rings is 1. The van der Waals surface area contributed by atoms with Gasteiger partial charge in [-0.15, -0.1) is 0 Å². The largest absolute Gasteiger partial charge is 0.491 e. The van der Waals surface area contributed by atoms with Gasteiger partial charge >= 0.3 is 0 Å². The van der Waals surface area contributed by atoms with E-state index in [9.17, 15) is 0 Å². The molecule has 144 valence electrons. The molecule has 0 aromatic heterocycles. The van der Waals surface area contributed by atoms with E-state index in [1.165, 1.54) is 11.1 Å². The molecule has 2 N–H and O–H groups in total. The molecule has 0 unspecified atom stereocenters. The van der Waals surface area contributed by atoms with Crippen molar-refractivity contribution in [3.8, 4) is 5.75 Å². The third-order valence-corrected chi connectivity index (χ3v) is 4.23. The predicted molar refractivity (Wildman–Crippen MR) is 105 cm³/mol. The van der Waals surface area contributed by atoms with E-state index in [1.54, 1.807) is 14.2 Å². The lowest BCUT2D eigenvalue weighted by atomic mass is 10.1. The van der Waals surface area contributed by atoms with Crippen molar-refractivity contribution >= 4 is 5.96 Å². The van der Waals surface area contributed by atoms with Crippen LogP contribution in [-0.4, -0.2) is 53.1 Å². The van der Waals surface area contributed by atoms with Crippen molar-refractivity contribution in [3.63, 3.8) is 0 Å². The van der Waals surface area contributed by atoms with Gasteiger partial charge in [-0.2, -0.15) is 0 Å². The van der Waals surface area contributed by atoms with Crippen molar-refractivity contribution < 1.29 is 14.2 Å². The van der Waals surface area contributed by atoms with E-state index >= 15 is 0 Å². The maximum Gasteiger partial charge on any atom is 0.191 e. The van der Waals surface area contributed by atoms with Gasteiger partial charge in [-0.3, -0.25) is 4.99 Å². The van der Waals surface area contributed by atoms with Crippen LogP contribution in [0.15, 0.2) is 34.8 Å². The van der Waals surface area contributed by atoms with Crippen LogP contribution in [0.4, 0.5) is 0 Å². The number of aliphatic imine (C=N–C) groups is 1. The zero-order chi connectivity index (χ0) is 18.6. The first-order chi connectivity index (χ1) is 12.7. The van der Waals surface area contributed by atoms with Crippen LogP contribution in [0.3, 0.4) is 0 Å². The van der Waals surface area contributed by atoms with Gasteiger partial charge in [-0.1, -0.05) is 23.8 Å². The summed E-state index contributed by atoms with van der Waals surface area (Å²) in [6.07, 6.45) is 4.22. The molecule has 1 aliphatic heterocycles. The molecule has 26 heavy (non-hydrogen) atoms. The highest BCUT2D eigenvalue weighted by molar-refractivity contribution is 5.79. The normalized spacial score (nSPS) is 14.7. The van der Waals surface area contributed by atoms with Gasteiger partial charge in [0.2, 0.25) is 0 Å². The third-order valence-electron chi connectivity index (χ3n) is 4.23. The fraction of sp³-hybridized carbons (Fsp3) is 0.550. The summed E-state index contributed by atoms with van der Waals surface area (Å²) < 4.78 is 16.2. The predicted octanol–water partition coefficient (Wildman–Crippen LogP) is 2.42. The number of ether oxygens (including phenoxy) is 3. The standard InChI is InChI=1S/C20H31N3O3/c1-16-4-5-18(19(14-16)26-13-12-24-3)15-23-20(21-2)22-9-6-17-7-10-25-11-8-17/h4-5,7,14H,6,8-13,15H2,1-3H3,(H2,21,22,23). The van der Waals surface area contributed by atoms with Gasteiger partial charge in [0.15, 0.2) is 5.96 Å². The Hall–Kier alpha value is -2.05. The smallest absolute Gasteiger partial charge is 0.191 e. The van der Waals surface area contributed by atoms with Crippen molar-refractivity contribution in [2.75, 3.05) is 47.1 Å². The molecule has 0 atom stereocenters. The summed E-state index contributed by atoms with van der Waals surface area (Å²) in [4.78, 5) is 4.30. The maximum atomic E-state index is 5.84. The summed E-state index contributed by atoms with van der Waals surface area (Å²) in [6.45, 7) is 6.25. The van der Waals surface area contributed by atoms with Crippen LogP contribution in [0, 0.1) is 6.92 Å². The molecular weight excluding hydrogens is 330 g/mol. The summed E-state index contributed by atoms with van der Waals surface area (Å²) in [7, 11) is 3.46. The summed E-state index contributed by atoms with van der Waals surface area (Å²) in [5.41, 5.74) is 3.72. The highest BCUT2D eigenvalue weighted by Gasteiger charge is 2.07. The number of nitrogens with zero attached hydrogens (tertiary/aromatic N) is 1. The van der Waals surface area contributed by atoms with Crippen molar-refractivity contribution in [1.82, 2.24) is 10.6 Å². The van der Waals surface area contributed by atoms with E-state index in [1.807, 2.05) is 0 Å². The Balaban J connectivity index is 1.82. The van der Waals surface area contributed by atoms with Gasteiger partial charge in [0.1, 0.15) is 12.4 Å². The number of aryl methyl sites for hydroxylation is 1. The van der Waals surface area contributed by atoms with Crippen molar-refractivity contribution in [3.05, 3.63) is 41.0 Å². The van der Waals surface area contributed by atoms with Gasteiger partial charge in [-0.25, -0.2) is 0 Å². The molecule has 0 saturated carbocycles. The molecule has 0 spiro atoms. The number of nitrogens with one attached hydrogen (secondary N) is 2. The Bertz CT molecular complexity index is 614. The van der Waals surface area contributed by atoms with E-state index in [-0.39, 0.29) is 0 Å². The molecule has 1 heterocycles. The Kier molecular flexibility index (Phi) is 9.00. The second kappa shape index (κ2) is 11.5. The lowest BCUT2D eigenvalue weighted by Gasteiger charge is -2.17. The van der Waals surface area contributed by atoms with Crippen molar-refractivity contribution in [2.24, 2.45) is 4.99 Å². The minimum atomic E-state index is 0.540. The Morgan fingerprint density at radius 2 is 2.15 bits per heavy atom. The molecular formula is C20H31N3O3. The van der Waals surface area contributed by atoms with Crippen LogP contribution < -0.4 is 15.4 Å². The Morgan fingerprint density at radius 1 is 1.27 bits per heavy atom. The fourth-order valence-electron chi connectivity index (χ4n) is 2.71. The summed E-state index contributed by atoms with van der Waals surface area (Å²) in [5, 5.41) is 6.72. The maximum absolute atomic E-state index is 5.84. The molecule has 0 bridgehead atoms. The molecule has 0 amide bonds. The molecule has 2 rings (SSSR count). The number of hydrogen-bond donors (Lipinski definition) is 2. The first kappa shape index (κ1) is 20.3. The minimum absolute atomic E-state index is 0.540. The topological polar surface area (TPSA) is 64.1 Å². The van der Waals surface area contributed by atoms with Gasteiger partial charge in [0.25, 0.3) is 0 Å². The second-order valence-corrected chi connectivity index (χ2v) is 6.24. The SMILES string of the molecule is CN=C(NCCC1=CCOCC1)NCc1ccc(C)cc1OCCOC. The Labute approximate surface area is 156 Å². The van der Waals surface area contributed by atoms with E-state index in [0.29, 0.717) is 19.8 Å². The number of hydrogen-bond acceptors (Lipinski definition) is 4. The highest BCUT2D eigenvalue weighted by Crippen LogP contribution is 2.20. The van der Waals surface area contributed by atoms with Crippen LogP contribution in [-0.2, 0) is 16.0 Å². The van der Waals surface area contributed by atoms with E-state index in [4.69, 9.17) is 14.2 Å². The molecule has 0 fully saturated rings. The number of methoxy groups -OCH3 is 1. The van der Waals surface area contributed by atoms with Crippen LogP contribution >= 0.6 is 0 Å². The lowest BCUT2D eigenvalue weighted by Crippen LogP contribution is -2.37. The molecule has 6 heteroatoms. The molecule has 1 aliphatic rings. The van der Waals surface area contributed by atoms with Crippen LogP contribution in [0.25, 0.3) is 0 Å². The zero-order valence-electron chi connectivity index (χ0n) is 16.1. The highest BCUT2D eigenvalue weighted by atomic mass is 16.5. The van der Waals surface area contributed by atoms with Gasteiger partial charge in [0, 0.05) is 32.8 Å². The molecule has 0 radical (unpaired) electrons. The Morgan fingerprint density at radius 3 is 2.88 bits per heavy atom. The first-order valence-electron chi connectivity index (χ1n) is 9.14. The molecule has 0 aliphatic carbocycles. The quantitative estimate of drug-likeness (QED) is 0.306. The second-order valence-electron chi connectivity index (χ2n) is 6.24. The van der Waals surface area contributed by atoms with E-state index in [0.717, 1.165) is 49.9 Å². The lowest BCUT2D eigenvalue weighted by molar-refractivity contribution is 0.145. The summed E-state index contributed by atoms with van der Waals surface area (Å²) in [6, 6.07) is 6.24. The van der Waals surface area contributed by atoms with Gasteiger partial charge < -0.3 is 24.8 Å². The van der Waals surface area contributed by atoms with Gasteiger partial charge in [-0.05, 0) is 31.4 Å². The number of rotatable bonds is 9. The van der Waals surface area contributed by atoms with E-state index < -0.39 is 0 Å². The average molecular weight is 361 g/mol.